The lowest BCUT2D eigenvalue weighted by Crippen LogP contribution is -2.15. The Labute approximate surface area is 118 Å². The van der Waals surface area contributed by atoms with Gasteiger partial charge in [-0.25, -0.2) is 0 Å². The Morgan fingerprint density at radius 2 is 1.80 bits per heavy atom. The van der Waals surface area contributed by atoms with E-state index in [-0.39, 0.29) is 0 Å². The van der Waals surface area contributed by atoms with Crippen LogP contribution in [0.15, 0.2) is 48.5 Å². The quantitative estimate of drug-likeness (QED) is 0.821. The number of carbonyl (C=O) groups excluding carboxylic acids is 1. The predicted octanol–water partition coefficient (Wildman–Crippen LogP) is 2.55. The number of rotatable bonds is 6. The SMILES string of the molecule is Cc1cccc(OCCOc2ccccc2C(N)=O)c1. The van der Waals surface area contributed by atoms with Gasteiger partial charge < -0.3 is 15.2 Å². The highest BCUT2D eigenvalue weighted by atomic mass is 16.5. The van der Waals surface area contributed by atoms with Gasteiger partial charge in [-0.1, -0.05) is 24.3 Å². The molecule has 20 heavy (non-hydrogen) atoms. The van der Waals surface area contributed by atoms with Crippen LogP contribution in [0.5, 0.6) is 11.5 Å². The summed E-state index contributed by atoms with van der Waals surface area (Å²) < 4.78 is 11.1. The van der Waals surface area contributed by atoms with Crippen LogP contribution in [-0.2, 0) is 0 Å². The molecule has 2 aromatic rings. The van der Waals surface area contributed by atoms with Crippen LogP contribution >= 0.6 is 0 Å². The van der Waals surface area contributed by atoms with Crippen LogP contribution in [0.3, 0.4) is 0 Å². The van der Waals surface area contributed by atoms with E-state index >= 15 is 0 Å². The van der Waals surface area contributed by atoms with Crippen molar-refractivity contribution in [2.45, 2.75) is 6.92 Å². The average molecular weight is 271 g/mol. The van der Waals surface area contributed by atoms with Gasteiger partial charge in [-0.05, 0) is 36.8 Å². The Morgan fingerprint density at radius 1 is 1.05 bits per heavy atom. The first-order valence-corrected chi connectivity index (χ1v) is 6.38. The molecule has 4 nitrogen and oxygen atoms in total. The highest BCUT2D eigenvalue weighted by molar-refractivity contribution is 5.95. The summed E-state index contributed by atoms with van der Waals surface area (Å²) in [5.41, 5.74) is 6.80. The Kier molecular flexibility index (Phi) is 4.60. The maximum Gasteiger partial charge on any atom is 0.252 e. The van der Waals surface area contributed by atoms with Crippen LogP contribution in [0.4, 0.5) is 0 Å². The summed E-state index contributed by atoms with van der Waals surface area (Å²) in [6.45, 7) is 2.75. The molecule has 0 spiro atoms. The summed E-state index contributed by atoms with van der Waals surface area (Å²) in [5.74, 6) is 0.782. The second-order valence-corrected chi connectivity index (χ2v) is 4.37. The topological polar surface area (TPSA) is 61.6 Å². The second kappa shape index (κ2) is 6.61. The van der Waals surface area contributed by atoms with Crippen molar-refractivity contribution < 1.29 is 14.3 Å². The molecule has 0 heterocycles. The number of hydrogen-bond acceptors (Lipinski definition) is 3. The Bertz CT molecular complexity index is 596. The zero-order valence-electron chi connectivity index (χ0n) is 11.3. The summed E-state index contributed by atoms with van der Waals surface area (Å²) >= 11 is 0. The molecular formula is C16H17NO3. The highest BCUT2D eigenvalue weighted by Gasteiger charge is 2.07. The maximum atomic E-state index is 11.2. The fourth-order valence-corrected chi connectivity index (χ4v) is 1.81. The van der Waals surface area contributed by atoms with E-state index in [4.69, 9.17) is 15.2 Å². The van der Waals surface area contributed by atoms with Crippen LogP contribution in [0.1, 0.15) is 15.9 Å². The molecule has 2 aromatic carbocycles. The van der Waals surface area contributed by atoms with Gasteiger partial charge >= 0.3 is 0 Å². The van der Waals surface area contributed by atoms with Gasteiger partial charge in [0.15, 0.2) is 0 Å². The van der Waals surface area contributed by atoms with Crippen molar-refractivity contribution in [2.75, 3.05) is 13.2 Å². The molecule has 0 aliphatic heterocycles. The fraction of sp³-hybridized carbons (Fsp3) is 0.188. The first-order valence-electron chi connectivity index (χ1n) is 6.38. The van der Waals surface area contributed by atoms with Gasteiger partial charge in [-0.2, -0.15) is 0 Å². The second-order valence-electron chi connectivity index (χ2n) is 4.37. The minimum absolute atomic E-state index is 0.345. The van der Waals surface area contributed by atoms with Gasteiger partial charge in [0.25, 0.3) is 5.91 Å². The molecule has 0 unspecified atom stereocenters. The van der Waals surface area contributed by atoms with Crippen molar-refractivity contribution >= 4 is 5.91 Å². The lowest BCUT2D eigenvalue weighted by atomic mass is 10.2. The number of nitrogens with two attached hydrogens (primary N) is 1. The molecule has 0 aliphatic carbocycles. The first kappa shape index (κ1) is 13.9. The standard InChI is InChI=1S/C16H17NO3/c1-12-5-4-6-13(11-12)19-9-10-20-15-8-3-2-7-14(15)16(17)18/h2-8,11H,9-10H2,1H3,(H2,17,18). The van der Waals surface area contributed by atoms with E-state index in [1.54, 1.807) is 24.3 Å². The van der Waals surface area contributed by atoms with Gasteiger partial charge in [0, 0.05) is 0 Å². The van der Waals surface area contributed by atoms with Crippen LogP contribution < -0.4 is 15.2 Å². The summed E-state index contributed by atoms with van der Waals surface area (Å²) in [4.78, 5) is 11.2. The zero-order valence-corrected chi connectivity index (χ0v) is 11.3. The third-order valence-electron chi connectivity index (χ3n) is 2.75. The molecule has 2 N–H and O–H groups in total. The van der Waals surface area contributed by atoms with Gasteiger partial charge in [0.2, 0.25) is 0 Å². The van der Waals surface area contributed by atoms with E-state index < -0.39 is 5.91 Å². The van der Waals surface area contributed by atoms with Gasteiger partial charge in [0.05, 0.1) is 5.56 Å². The zero-order chi connectivity index (χ0) is 14.4. The van der Waals surface area contributed by atoms with Crippen molar-refractivity contribution in [3.8, 4) is 11.5 Å². The minimum atomic E-state index is -0.500. The Hall–Kier alpha value is -2.49. The van der Waals surface area contributed by atoms with Crippen LogP contribution in [0.2, 0.25) is 0 Å². The molecule has 0 atom stereocenters. The van der Waals surface area contributed by atoms with E-state index in [1.807, 2.05) is 31.2 Å². The van der Waals surface area contributed by atoms with Crippen molar-refractivity contribution in [2.24, 2.45) is 5.73 Å². The van der Waals surface area contributed by atoms with Crippen molar-refractivity contribution in [1.29, 1.82) is 0 Å². The number of hydrogen-bond donors (Lipinski definition) is 1. The van der Waals surface area contributed by atoms with E-state index in [1.165, 1.54) is 0 Å². The molecule has 0 bridgehead atoms. The third kappa shape index (κ3) is 3.75. The molecule has 0 aliphatic rings. The van der Waals surface area contributed by atoms with Crippen LogP contribution in [0.25, 0.3) is 0 Å². The average Bonchev–Trinajstić information content (AvgIpc) is 2.44. The Balaban J connectivity index is 1.86. The van der Waals surface area contributed by atoms with E-state index in [0.717, 1.165) is 11.3 Å². The number of aryl methyl sites for hydroxylation is 1. The number of benzene rings is 2. The lowest BCUT2D eigenvalue weighted by molar-refractivity contribution is 0.0995. The van der Waals surface area contributed by atoms with E-state index in [2.05, 4.69) is 0 Å². The fourth-order valence-electron chi connectivity index (χ4n) is 1.81. The largest absolute Gasteiger partial charge is 0.490 e. The third-order valence-corrected chi connectivity index (χ3v) is 2.75. The Morgan fingerprint density at radius 3 is 2.55 bits per heavy atom. The molecule has 0 saturated heterocycles. The maximum absolute atomic E-state index is 11.2. The molecule has 0 radical (unpaired) electrons. The first-order chi connectivity index (χ1) is 9.66. The molecule has 0 saturated carbocycles. The summed E-state index contributed by atoms with van der Waals surface area (Å²) in [7, 11) is 0. The number of primary amides is 1. The minimum Gasteiger partial charge on any atom is -0.490 e. The monoisotopic (exact) mass is 271 g/mol. The van der Waals surface area contributed by atoms with Gasteiger partial charge in [0.1, 0.15) is 24.7 Å². The van der Waals surface area contributed by atoms with E-state index in [0.29, 0.717) is 24.5 Å². The highest BCUT2D eigenvalue weighted by Crippen LogP contribution is 2.17. The number of ether oxygens (including phenoxy) is 2. The number of carbonyl (C=O) groups is 1. The molecule has 1 amide bonds. The summed E-state index contributed by atoms with van der Waals surface area (Å²) in [6, 6.07) is 14.7. The molecule has 104 valence electrons. The summed E-state index contributed by atoms with van der Waals surface area (Å²) in [5, 5.41) is 0. The molecule has 2 rings (SSSR count). The number of para-hydroxylation sites is 1. The van der Waals surface area contributed by atoms with E-state index in [9.17, 15) is 4.79 Å². The lowest BCUT2D eigenvalue weighted by Gasteiger charge is -2.10. The smallest absolute Gasteiger partial charge is 0.252 e. The number of amides is 1. The van der Waals surface area contributed by atoms with Gasteiger partial charge in [-0.15, -0.1) is 0 Å². The molecule has 0 aromatic heterocycles. The normalized spacial score (nSPS) is 10.1. The van der Waals surface area contributed by atoms with Crippen molar-refractivity contribution in [3.05, 3.63) is 59.7 Å². The summed E-state index contributed by atoms with van der Waals surface area (Å²) in [6.07, 6.45) is 0. The van der Waals surface area contributed by atoms with Crippen molar-refractivity contribution in [1.82, 2.24) is 0 Å². The predicted molar refractivity (Wildman–Crippen MR) is 77.1 cm³/mol. The van der Waals surface area contributed by atoms with Crippen LogP contribution in [-0.4, -0.2) is 19.1 Å². The molecule has 4 heteroatoms. The van der Waals surface area contributed by atoms with Crippen LogP contribution in [0, 0.1) is 6.92 Å². The van der Waals surface area contributed by atoms with Gasteiger partial charge in [-0.3, -0.25) is 4.79 Å². The molecular weight excluding hydrogens is 254 g/mol. The van der Waals surface area contributed by atoms with Crippen molar-refractivity contribution in [3.63, 3.8) is 0 Å². The molecule has 0 fully saturated rings.